The molecule has 0 aliphatic carbocycles. The zero-order valence-electron chi connectivity index (χ0n) is 16.3. The third-order valence-corrected chi connectivity index (χ3v) is 7.24. The molecule has 0 radical (unpaired) electrons. The number of ether oxygens (including phenoxy) is 2. The molecule has 0 amide bonds. The van der Waals surface area contributed by atoms with Crippen molar-refractivity contribution in [2.24, 2.45) is 5.92 Å². The Bertz CT molecular complexity index is 935. The summed E-state index contributed by atoms with van der Waals surface area (Å²) in [5.74, 6) is -0.814. The number of rotatable bonds is 6. The summed E-state index contributed by atoms with van der Waals surface area (Å²) in [6.45, 7) is 3.33. The number of hydrogen-bond donors (Lipinski definition) is 0. The molecule has 1 fully saturated rings. The van der Waals surface area contributed by atoms with Crippen molar-refractivity contribution in [1.82, 2.24) is 0 Å². The Morgan fingerprint density at radius 1 is 1.27 bits per heavy atom. The fourth-order valence-corrected chi connectivity index (χ4v) is 6.07. The van der Waals surface area contributed by atoms with Gasteiger partial charge in [0.1, 0.15) is 11.4 Å². The van der Waals surface area contributed by atoms with E-state index in [1.165, 1.54) is 15.3 Å². The number of hydrogen-bond acceptors (Lipinski definition) is 5. The summed E-state index contributed by atoms with van der Waals surface area (Å²) < 4.78 is 32.7. The van der Waals surface area contributed by atoms with Gasteiger partial charge in [0.15, 0.2) is 6.10 Å². The van der Waals surface area contributed by atoms with Gasteiger partial charge in [0, 0.05) is 45.0 Å². The second kappa shape index (κ2) is 9.32. The molecule has 2 heterocycles. The summed E-state index contributed by atoms with van der Waals surface area (Å²) in [6, 6.07) is 10.2. The number of cyclic esters (lactones) is 1. The van der Waals surface area contributed by atoms with E-state index in [0.29, 0.717) is 35.8 Å². The molecule has 4 rings (SSSR count). The van der Waals surface area contributed by atoms with Crippen molar-refractivity contribution in [2.75, 3.05) is 13.2 Å². The van der Waals surface area contributed by atoms with Crippen molar-refractivity contribution in [1.29, 1.82) is 0 Å². The first-order valence-corrected chi connectivity index (χ1v) is 13.5. The molecule has 0 spiro atoms. The van der Waals surface area contributed by atoms with Crippen LogP contribution in [0.5, 0.6) is 0 Å². The molecule has 8 heteroatoms. The van der Waals surface area contributed by atoms with Crippen LogP contribution in [0.2, 0.25) is 5.02 Å². The van der Waals surface area contributed by atoms with Crippen LogP contribution in [0.3, 0.4) is 0 Å². The first kappa shape index (κ1) is 22.3. The first-order chi connectivity index (χ1) is 14.5. The number of esters is 1. The van der Waals surface area contributed by atoms with E-state index in [-0.39, 0.29) is 17.0 Å². The highest BCUT2D eigenvalue weighted by molar-refractivity contribution is 14.2. The maximum Gasteiger partial charge on any atom is 0.339 e. The highest BCUT2D eigenvalue weighted by Gasteiger charge is 2.44. The number of fused-ring (bicyclic) bond motifs is 1. The van der Waals surface area contributed by atoms with Crippen LogP contribution >= 0.6 is 42.0 Å². The molecule has 1 saturated heterocycles. The SMILES string of the molecule is CCC(OSI)(c1cc(F)c2c(c1)C(=O)OC2c1ccc(Cl)cc1)C1CCOCC1. The molecule has 30 heavy (non-hydrogen) atoms. The van der Waals surface area contributed by atoms with Gasteiger partial charge in [0.25, 0.3) is 0 Å². The number of benzene rings is 2. The molecule has 0 saturated carbocycles. The third-order valence-electron chi connectivity index (χ3n) is 6.08. The van der Waals surface area contributed by atoms with E-state index in [1.54, 1.807) is 30.3 Å². The highest BCUT2D eigenvalue weighted by atomic mass is 127. The molecule has 0 aromatic heterocycles. The van der Waals surface area contributed by atoms with Crippen molar-refractivity contribution >= 4 is 48.0 Å². The molecule has 4 nitrogen and oxygen atoms in total. The molecule has 2 aliphatic rings. The van der Waals surface area contributed by atoms with Gasteiger partial charge in [-0.25, -0.2) is 9.18 Å². The number of carbonyl (C=O) groups is 1. The van der Waals surface area contributed by atoms with E-state index >= 15 is 4.39 Å². The maximum absolute atomic E-state index is 15.5. The van der Waals surface area contributed by atoms with E-state index in [2.05, 4.69) is 21.2 Å². The quantitative estimate of drug-likeness (QED) is 0.220. The molecule has 2 aliphatic heterocycles. The summed E-state index contributed by atoms with van der Waals surface area (Å²) in [5.41, 5.74) is 1.18. The van der Waals surface area contributed by atoms with Gasteiger partial charge in [-0.1, -0.05) is 30.7 Å². The Labute approximate surface area is 196 Å². The average molecular weight is 563 g/mol. The van der Waals surface area contributed by atoms with Crippen molar-refractivity contribution in [3.63, 3.8) is 0 Å². The zero-order chi connectivity index (χ0) is 21.3. The molecule has 2 atom stereocenters. The van der Waals surface area contributed by atoms with Crippen LogP contribution in [-0.2, 0) is 19.3 Å². The summed E-state index contributed by atoms with van der Waals surface area (Å²) in [5, 5.41) is 0.566. The van der Waals surface area contributed by atoms with Gasteiger partial charge in [0.05, 0.1) is 14.8 Å². The topological polar surface area (TPSA) is 44.8 Å². The number of halogens is 3. The Balaban J connectivity index is 1.79. The minimum Gasteiger partial charge on any atom is -0.449 e. The first-order valence-electron chi connectivity index (χ1n) is 9.84. The van der Waals surface area contributed by atoms with Crippen molar-refractivity contribution in [3.8, 4) is 0 Å². The van der Waals surface area contributed by atoms with E-state index in [9.17, 15) is 4.79 Å². The lowest BCUT2D eigenvalue weighted by molar-refractivity contribution is -0.0424. The summed E-state index contributed by atoms with van der Waals surface area (Å²) in [4.78, 5) is 12.7. The second-order valence-electron chi connectivity index (χ2n) is 7.53. The molecule has 0 N–H and O–H groups in total. The zero-order valence-corrected chi connectivity index (χ0v) is 20.1. The van der Waals surface area contributed by atoms with Gasteiger partial charge in [-0.05, 0) is 60.6 Å². The molecule has 2 aromatic rings. The molecule has 2 aromatic carbocycles. The van der Waals surface area contributed by atoms with Crippen LogP contribution in [0.15, 0.2) is 36.4 Å². The average Bonchev–Trinajstić information content (AvgIpc) is 3.10. The minimum atomic E-state index is -0.780. The van der Waals surface area contributed by atoms with E-state index in [1.807, 2.05) is 6.92 Å². The Kier molecular flexibility index (Phi) is 6.94. The third kappa shape index (κ3) is 3.99. The minimum absolute atomic E-state index is 0.167. The Morgan fingerprint density at radius 2 is 1.97 bits per heavy atom. The molecular weight excluding hydrogens is 542 g/mol. The highest BCUT2D eigenvalue weighted by Crippen LogP contribution is 2.48. The van der Waals surface area contributed by atoms with Gasteiger partial charge >= 0.3 is 5.97 Å². The lowest BCUT2D eigenvalue weighted by Crippen LogP contribution is -2.39. The molecule has 2 unspecified atom stereocenters. The van der Waals surface area contributed by atoms with Crippen LogP contribution < -0.4 is 0 Å². The van der Waals surface area contributed by atoms with Crippen LogP contribution in [0.1, 0.15) is 59.3 Å². The van der Waals surface area contributed by atoms with Crippen LogP contribution in [0.4, 0.5) is 4.39 Å². The standard InChI is InChI=1S/C22H21ClFIO4S/c1-2-22(29-30-25,14-7-9-27-10-8-14)15-11-17-19(18(24)12-15)20(28-21(17)26)13-3-5-16(23)6-4-13/h3-6,11-12,14,20H,2,7-10H2,1H3. The Morgan fingerprint density at radius 3 is 2.60 bits per heavy atom. The van der Waals surface area contributed by atoms with Gasteiger partial charge in [0.2, 0.25) is 0 Å². The van der Waals surface area contributed by atoms with Crippen LogP contribution in [-0.4, -0.2) is 19.2 Å². The van der Waals surface area contributed by atoms with Crippen LogP contribution in [0, 0.1) is 11.7 Å². The summed E-state index contributed by atoms with van der Waals surface area (Å²) >= 11 is 8.05. The smallest absolute Gasteiger partial charge is 0.339 e. The molecule has 0 bridgehead atoms. The fourth-order valence-electron chi connectivity index (χ4n) is 4.52. The van der Waals surface area contributed by atoms with E-state index < -0.39 is 23.5 Å². The van der Waals surface area contributed by atoms with Crippen molar-refractivity contribution in [3.05, 3.63) is 69.5 Å². The summed E-state index contributed by atoms with van der Waals surface area (Å²) in [6.07, 6.45) is 1.52. The lowest BCUT2D eigenvalue weighted by Gasteiger charge is -2.41. The van der Waals surface area contributed by atoms with Gasteiger partial charge in [-0.3, -0.25) is 4.18 Å². The Hall–Kier alpha value is -0.870. The van der Waals surface area contributed by atoms with E-state index in [0.717, 1.165) is 12.8 Å². The van der Waals surface area contributed by atoms with E-state index in [4.69, 9.17) is 25.3 Å². The maximum atomic E-state index is 15.5. The van der Waals surface area contributed by atoms with Gasteiger partial charge in [-0.15, -0.1) is 0 Å². The number of carbonyl (C=O) groups excluding carboxylic acids is 1. The molecular formula is C22H21ClFIO4S. The van der Waals surface area contributed by atoms with Gasteiger partial charge < -0.3 is 9.47 Å². The fraction of sp³-hybridized carbons (Fsp3) is 0.409. The normalized spacial score (nSPS) is 21.2. The van der Waals surface area contributed by atoms with Gasteiger partial charge in [-0.2, -0.15) is 0 Å². The monoisotopic (exact) mass is 562 g/mol. The lowest BCUT2D eigenvalue weighted by atomic mass is 9.74. The van der Waals surface area contributed by atoms with Crippen molar-refractivity contribution in [2.45, 2.75) is 37.9 Å². The molecule has 160 valence electrons. The predicted octanol–water partition coefficient (Wildman–Crippen LogP) is 6.79. The second-order valence-corrected chi connectivity index (χ2v) is 9.34. The summed E-state index contributed by atoms with van der Waals surface area (Å²) in [7, 11) is 1.24. The largest absolute Gasteiger partial charge is 0.449 e. The van der Waals surface area contributed by atoms with Crippen molar-refractivity contribution < 1.29 is 22.8 Å². The predicted molar refractivity (Wildman–Crippen MR) is 123 cm³/mol. The van der Waals surface area contributed by atoms with Crippen LogP contribution in [0.25, 0.3) is 0 Å².